The molecule has 0 aliphatic heterocycles. The average molecular weight is 411 g/mol. The smallest absolute Gasteiger partial charge is 0.331 e. The summed E-state index contributed by atoms with van der Waals surface area (Å²) < 4.78 is 7.34. The van der Waals surface area contributed by atoms with Gasteiger partial charge in [0, 0.05) is 57.9 Å². The lowest BCUT2D eigenvalue weighted by Gasteiger charge is -2.10. The van der Waals surface area contributed by atoms with Gasteiger partial charge in [-0.15, -0.1) is 0 Å². The fourth-order valence-electron chi connectivity index (χ4n) is 3.68. The van der Waals surface area contributed by atoms with E-state index in [1.165, 1.54) is 6.08 Å². The molecule has 1 N–H and O–H groups in total. The minimum Gasteiger partial charge on any atom is -0.451 e. The molecule has 1 atom stereocenters. The quantitative estimate of drug-likeness (QED) is 0.267. The maximum atomic E-state index is 12.8. The van der Waals surface area contributed by atoms with Gasteiger partial charge in [0.1, 0.15) is 0 Å². The molecule has 0 aliphatic rings. The van der Waals surface area contributed by atoms with Gasteiger partial charge in [-0.3, -0.25) is 4.79 Å². The summed E-state index contributed by atoms with van der Waals surface area (Å²) in [6.07, 6.45) is 6.05. The number of carbonyl (C=O) groups is 2. The largest absolute Gasteiger partial charge is 0.451 e. The number of aromatic nitrogens is 2. The summed E-state index contributed by atoms with van der Waals surface area (Å²) in [5, 5.41) is 10.7. The van der Waals surface area contributed by atoms with Crippen molar-refractivity contribution >= 4 is 39.6 Å². The molecule has 0 unspecified atom stereocenters. The second-order valence-electron chi connectivity index (χ2n) is 7.23. The summed E-state index contributed by atoms with van der Waals surface area (Å²) in [5.41, 5.74) is 3.20. The number of benzene rings is 2. The van der Waals surface area contributed by atoms with E-state index in [2.05, 4.69) is 11.1 Å². The number of hydrogen-bond donors (Lipinski definition) is 1. The Balaban J connectivity index is 1.48. The van der Waals surface area contributed by atoms with Gasteiger partial charge in [0.25, 0.3) is 0 Å². The molecule has 0 saturated heterocycles. The number of hydrogen-bond acceptors (Lipinski definition) is 4. The van der Waals surface area contributed by atoms with E-state index < -0.39 is 12.1 Å². The van der Waals surface area contributed by atoms with Gasteiger partial charge in [-0.2, -0.15) is 5.26 Å². The minimum absolute atomic E-state index is 0.257. The minimum atomic E-state index is -0.909. The molecular formula is C25H21N3O3. The molecule has 0 fully saturated rings. The molecule has 2 aromatic carbocycles. The van der Waals surface area contributed by atoms with Gasteiger partial charge in [-0.25, -0.2) is 4.79 Å². The first kappa shape index (κ1) is 20.2. The Morgan fingerprint density at radius 1 is 1.16 bits per heavy atom. The number of rotatable bonds is 7. The van der Waals surface area contributed by atoms with Gasteiger partial charge in [0.2, 0.25) is 5.78 Å². The number of fused-ring (bicyclic) bond motifs is 2. The Kier molecular flexibility index (Phi) is 5.67. The van der Waals surface area contributed by atoms with E-state index in [1.54, 1.807) is 19.2 Å². The van der Waals surface area contributed by atoms with Crippen molar-refractivity contribution in [1.29, 1.82) is 5.26 Å². The van der Waals surface area contributed by atoms with Crippen molar-refractivity contribution in [2.75, 3.05) is 0 Å². The van der Waals surface area contributed by atoms with Crippen molar-refractivity contribution in [3.8, 4) is 6.07 Å². The van der Waals surface area contributed by atoms with Crippen LogP contribution in [0.2, 0.25) is 0 Å². The third-order valence-corrected chi connectivity index (χ3v) is 5.20. The zero-order valence-corrected chi connectivity index (χ0v) is 17.0. The van der Waals surface area contributed by atoms with Crippen molar-refractivity contribution in [3.63, 3.8) is 0 Å². The molecule has 31 heavy (non-hydrogen) atoms. The highest BCUT2D eigenvalue weighted by Gasteiger charge is 2.21. The number of aromatic amines is 1. The third kappa shape index (κ3) is 4.12. The topological polar surface area (TPSA) is 87.9 Å². The van der Waals surface area contributed by atoms with Crippen molar-refractivity contribution in [2.24, 2.45) is 0 Å². The van der Waals surface area contributed by atoms with E-state index in [0.717, 1.165) is 27.4 Å². The number of H-pyrrole nitrogens is 1. The van der Waals surface area contributed by atoms with E-state index in [4.69, 9.17) is 10.00 Å². The van der Waals surface area contributed by atoms with Crippen LogP contribution in [0.1, 0.15) is 29.3 Å². The van der Waals surface area contributed by atoms with Gasteiger partial charge < -0.3 is 14.3 Å². The number of nitrogens with one attached hydrogen (secondary N) is 1. The number of ketones is 1. The number of esters is 1. The first-order valence-corrected chi connectivity index (χ1v) is 10.0. The van der Waals surface area contributed by atoms with E-state index in [1.807, 2.05) is 59.3 Å². The Bertz CT molecular complexity index is 1340. The number of carbonyl (C=O) groups excluding carboxylic acids is 2. The lowest BCUT2D eigenvalue weighted by atomic mass is 10.1. The fourth-order valence-corrected chi connectivity index (χ4v) is 3.68. The van der Waals surface area contributed by atoms with E-state index in [0.29, 0.717) is 18.5 Å². The average Bonchev–Trinajstić information content (AvgIpc) is 3.37. The fraction of sp³-hybridized carbons (Fsp3) is 0.160. The van der Waals surface area contributed by atoms with Gasteiger partial charge in [-0.1, -0.05) is 36.4 Å². The van der Waals surface area contributed by atoms with Crippen LogP contribution < -0.4 is 0 Å². The van der Waals surface area contributed by atoms with Crippen LogP contribution in [0.25, 0.3) is 27.9 Å². The highest BCUT2D eigenvalue weighted by molar-refractivity contribution is 6.10. The molecule has 154 valence electrons. The van der Waals surface area contributed by atoms with E-state index in [9.17, 15) is 9.59 Å². The number of ether oxygens (including phenoxy) is 1. The molecule has 0 spiro atoms. The van der Waals surface area contributed by atoms with Crippen LogP contribution in [0.5, 0.6) is 0 Å². The zero-order valence-electron chi connectivity index (χ0n) is 17.0. The summed E-state index contributed by atoms with van der Waals surface area (Å²) in [7, 11) is 0. The number of Topliss-reactive ketones (excluding diaryl/α,β-unsaturated/α-hetero) is 1. The normalized spacial score (nSPS) is 12.3. The Morgan fingerprint density at radius 3 is 2.71 bits per heavy atom. The second kappa shape index (κ2) is 8.72. The monoisotopic (exact) mass is 411 g/mol. The van der Waals surface area contributed by atoms with Crippen LogP contribution in [-0.2, 0) is 16.1 Å². The van der Waals surface area contributed by atoms with Crippen LogP contribution in [0.15, 0.2) is 67.0 Å². The summed E-state index contributed by atoms with van der Waals surface area (Å²) in [6, 6.07) is 17.4. The molecule has 6 nitrogen and oxygen atoms in total. The lowest BCUT2D eigenvalue weighted by Crippen LogP contribution is -2.23. The van der Waals surface area contributed by atoms with Crippen LogP contribution in [0, 0.1) is 11.3 Å². The first-order valence-electron chi connectivity index (χ1n) is 10.0. The van der Waals surface area contributed by atoms with E-state index >= 15 is 0 Å². The number of nitriles is 1. The molecule has 0 radical (unpaired) electrons. The SMILES string of the molecule is C[C@H](OC(=O)/C=C/c1cn(CCC#N)c2ccccc12)C(=O)c1c[nH]c2ccccc12. The van der Waals surface area contributed by atoms with Gasteiger partial charge in [0.15, 0.2) is 6.10 Å². The molecule has 0 saturated carbocycles. The maximum Gasteiger partial charge on any atom is 0.331 e. The van der Waals surface area contributed by atoms with Crippen LogP contribution in [0.4, 0.5) is 0 Å². The summed E-state index contributed by atoms with van der Waals surface area (Å²) in [5.74, 6) is -0.846. The summed E-state index contributed by atoms with van der Waals surface area (Å²) in [4.78, 5) is 28.2. The Labute approximate surface area is 179 Å². The molecule has 4 aromatic rings. The predicted molar refractivity (Wildman–Crippen MR) is 119 cm³/mol. The van der Waals surface area contributed by atoms with Crippen LogP contribution in [0.3, 0.4) is 0 Å². The molecule has 0 aliphatic carbocycles. The predicted octanol–water partition coefficient (Wildman–Crippen LogP) is 4.86. The molecule has 2 heterocycles. The van der Waals surface area contributed by atoms with Gasteiger partial charge >= 0.3 is 5.97 Å². The highest BCUT2D eigenvalue weighted by Crippen LogP contribution is 2.23. The number of para-hydroxylation sites is 2. The number of nitrogens with zero attached hydrogens (tertiary/aromatic N) is 2. The second-order valence-corrected chi connectivity index (χ2v) is 7.23. The van der Waals surface area contributed by atoms with Crippen molar-refractivity contribution in [2.45, 2.75) is 26.0 Å². The van der Waals surface area contributed by atoms with Crippen LogP contribution in [-0.4, -0.2) is 27.4 Å². The van der Waals surface area contributed by atoms with Gasteiger partial charge in [0.05, 0.1) is 12.5 Å². The summed E-state index contributed by atoms with van der Waals surface area (Å²) >= 11 is 0. The van der Waals surface area contributed by atoms with Gasteiger partial charge in [-0.05, 0) is 25.1 Å². The lowest BCUT2D eigenvalue weighted by molar-refractivity contribution is -0.140. The van der Waals surface area contributed by atoms with Crippen LogP contribution >= 0.6 is 0 Å². The van der Waals surface area contributed by atoms with Crippen molar-refractivity contribution in [3.05, 3.63) is 78.1 Å². The number of aryl methyl sites for hydroxylation is 1. The standard InChI is InChI=1S/C25H21N3O3/c1-17(25(30)21-15-27-22-9-4-2-8-20(21)22)31-24(29)12-11-18-16-28(14-6-13-26)23-10-5-3-7-19(18)23/h2-5,7-12,15-17,27H,6,14H2,1H3/b12-11+/t17-/m0/s1. The zero-order chi connectivity index (χ0) is 21.8. The molecule has 0 amide bonds. The van der Waals surface area contributed by atoms with E-state index in [-0.39, 0.29) is 5.78 Å². The summed E-state index contributed by atoms with van der Waals surface area (Å²) in [6.45, 7) is 2.15. The Morgan fingerprint density at radius 2 is 1.90 bits per heavy atom. The molecule has 2 aromatic heterocycles. The van der Waals surface area contributed by atoms with Crippen molar-refractivity contribution in [1.82, 2.24) is 9.55 Å². The Hall–Kier alpha value is -4.11. The highest BCUT2D eigenvalue weighted by atomic mass is 16.5. The molecule has 6 heteroatoms. The third-order valence-electron chi connectivity index (χ3n) is 5.20. The maximum absolute atomic E-state index is 12.8. The molecular weight excluding hydrogens is 390 g/mol. The molecule has 0 bridgehead atoms. The molecule has 4 rings (SSSR count). The first-order chi connectivity index (χ1) is 15.1. The van der Waals surface area contributed by atoms with Crippen molar-refractivity contribution < 1.29 is 14.3 Å².